The van der Waals surface area contributed by atoms with Gasteiger partial charge in [0, 0.05) is 23.3 Å². The average Bonchev–Trinajstić information content (AvgIpc) is 2.36. The van der Waals surface area contributed by atoms with E-state index in [0.717, 1.165) is 25.0 Å². The summed E-state index contributed by atoms with van der Waals surface area (Å²) in [4.78, 5) is 0. The fraction of sp³-hybridized carbons (Fsp3) is 0.571. The number of hydrogen-bond donors (Lipinski definition) is 2. The van der Waals surface area contributed by atoms with E-state index >= 15 is 0 Å². The number of aliphatic hydroxyl groups is 1. The van der Waals surface area contributed by atoms with Gasteiger partial charge in [0.05, 0.1) is 5.56 Å². The van der Waals surface area contributed by atoms with Gasteiger partial charge < -0.3 is 10.4 Å². The first-order valence-corrected chi connectivity index (χ1v) is 7.39. The zero-order valence-corrected chi connectivity index (χ0v) is 12.9. The van der Waals surface area contributed by atoms with Crippen LogP contribution in [0.25, 0.3) is 0 Å². The van der Waals surface area contributed by atoms with Gasteiger partial charge in [-0.15, -0.1) is 0 Å². The number of halogens is 4. The van der Waals surface area contributed by atoms with Crippen molar-refractivity contribution in [2.24, 2.45) is 5.92 Å². The van der Waals surface area contributed by atoms with Gasteiger partial charge in [-0.05, 0) is 52.9 Å². The maximum atomic E-state index is 12.5. The van der Waals surface area contributed by atoms with Gasteiger partial charge in [-0.3, -0.25) is 0 Å². The monoisotopic (exact) mass is 353 g/mol. The maximum absolute atomic E-state index is 12.5. The molecule has 0 radical (unpaired) electrons. The van der Waals surface area contributed by atoms with Crippen LogP contribution in [0.2, 0.25) is 0 Å². The summed E-state index contributed by atoms with van der Waals surface area (Å²) in [6.07, 6.45) is -1.64. The Hall–Kier alpha value is -0.750. The van der Waals surface area contributed by atoms with E-state index in [0.29, 0.717) is 29.0 Å². The van der Waals surface area contributed by atoms with Crippen molar-refractivity contribution in [3.63, 3.8) is 0 Å². The second-order valence-electron chi connectivity index (χ2n) is 4.74. The predicted octanol–water partition coefficient (Wildman–Crippen LogP) is 4.68. The number of rotatable bonds is 7. The number of benzene rings is 1. The number of hydrogen-bond acceptors (Lipinski definition) is 2. The van der Waals surface area contributed by atoms with Gasteiger partial charge >= 0.3 is 6.18 Å². The van der Waals surface area contributed by atoms with Gasteiger partial charge in [0.15, 0.2) is 0 Å². The van der Waals surface area contributed by atoms with Crippen molar-refractivity contribution < 1.29 is 18.3 Å². The second kappa shape index (κ2) is 7.88. The molecular weight excluding hydrogens is 335 g/mol. The van der Waals surface area contributed by atoms with Crippen molar-refractivity contribution in [2.45, 2.75) is 32.4 Å². The summed E-state index contributed by atoms with van der Waals surface area (Å²) in [5, 5.41) is 12.1. The molecular formula is C14H19BrF3NO. The van der Waals surface area contributed by atoms with Crippen molar-refractivity contribution in [1.29, 1.82) is 0 Å². The molecule has 0 bridgehead atoms. The second-order valence-corrected chi connectivity index (χ2v) is 5.59. The van der Waals surface area contributed by atoms with Crippen LogP contribution in [0.3, 0.4) is 0 Å². The summed E-state index contributed by atoms with van der Waals surface area (Å²) < 4.78 is 38.0. The van der Waals surface area contributed by atoms with E-state index in [1.807, 2.05) is 0 Å². The van der Waals surface area contributed by atoms with Gasteiger partial charge in [0.2, 0.25) is 0 Å². The minimum absolute atomic E-state index is 0.126. The van der Waals surface area contributed by atoms with Crippen LogP contribution in [-0.2, 0) is 6.18 Å². The Balaban J connectivity index is 2.68. The molecule has 1 unspecified atom stereocenters. The number of anilines is 1. The van der Waals surface area contributed by atoms with Crippen LogP contribution in [-0.4, -0.2) is 18.3 Å². The first-order valence-electron chi connectivity index (χ1n) is 6.60. The Bertz CT molecular complexity index is 417. The number of aliphatic hydroxyl groups excluding tert-OH is 1. The standard InChI is InChI=1S/C14H19BrF3NO/c1-2-3-10(6-7-20)9-19-13-5-4-11(8-12(13)15)14(16,17)18/h4-5,8,10,19-20H,2-3,6-7,9H2,1H3. The van der Waals surface area contributed by atoms with Crippen LogP contribution in [0.1, 0.15) is 31.7 Å². The largest absolute Gasteiger partial charge is 0.416 e. The Kier molecular flexibility index (Phi) is 6.82. The molecule has 2 nitrogen and oxygen atoms in total. The lowest BCUT2D eigenvalue weighted by molar-refractivity contribution is -0.137. The third-order valence-corrected chi connectivity index (χ3v) is 3.77. The van der Waals surface area contributed by atoms with E-state index in [4.69, 9.17) is 5.11 Å². The quantitative estimate of drug-likeness (QED) is 0.745. The minimum atomic E-state index is -4.33. The fourth-order valence-electron chi connectivity index (χ4n) is 2.03. The highest BCUT2D eigenvalue weighted by Gasteiger charge is 2.30. The third-order valence-electron chi connectivity index (χ3n) is 3.11. The molecule has 0 saturated carbocycles. The molecule has 2 N–H and O–H groups in total. The SMILES string of the molecule is CCCC(CCO)CNc1ccc(C(F)(F)F)cc1Br. The molecule has 1 aromatic carbocycles. The Morgan fingerprint density at radius 1 is 1.30 bits per heavy atom. The normalized spacial score (nSPS) is 13.3. The van der Waals surface area contributed by atoms with Gasteiger partial charge in [-0.2, -0.15) is 13.2 Å². The molecule has 0 aromatic heterocycles. The molecule has 0 spiro atoms. The van der Waals surface area contributed by atoms with E-state index in [9.17, 15) is 13.2 Å². The molecule has 0 saturated heterocycles. The smallest absolute Gasteiger partial charge is 0.396 e. The molecule has 20 heavy (non-hydrogen) atoms. The summed E-state index contributed by atoms with van der Waals surface area (Å²) in [6, 6.07) is 3.56. The van der Waals surface area contributed by atoms with Crippen LogP contribution in [0, 0.1) is 5.92 Å². The van der Waals surface area contributed by atoms with E-state index < -0.39 is 11.7 Å². The molecule has 1 rings (SSSR count). The van der Waals surface area contributed by atoms with Crippen molar-refractivity contribution in [2.75, 3.05) is 18.5 Å². The van der Waals surface area contributed by atoms with Crippen LogP contribution >= 0.6 is 15.9 Å². The molecule has 0 aliphatic rings. The molecule has 6 heteroatoms. The van der Waals surface area contributed by atoms with E-state index in [1.54, 1.807) is 0 Å². The van der Waals surface area contributed by atoms with Crippen LogP contribution in [0.5, 0.6) is 0 Å². The zero-order valence-electron chi connectivity index (χ0n) is 11.3. The topological polar surface area (TPSA) is 32.3 Å². The first-order chi connectivity index (χ1) is 9.38. The van der Waals surface area contributed by atoms with Crippen molar-refractivity contribution >= 4 is 21.6 Å². The molecule has 0 aliphatic carbocycles. The molecule has 1 atom stereocenters. The van der Waals surface area contributed by atoms with E-state index in [2.05, 4.69) is 28.2 Å². The highest BCUT2D eigenvalue weighted by atomic mass is 79.9. The third kappa shape index (κ3) is 5.32. The molecule has 0 heterocycles. The lowest BCUT2D eigenvalue weighted by Crippen LogP contribution is -2.16. The summed E-state index contributed by atoms with van der Waals surface area (Å²) in [7, 11) is 0. The molecule has 114 valence electrons. The van der Waals surface area contributed by atoms with E-state index in [1.165, 1.54) is 6.07 Å². The van der Waals surface area contributed by atoms with Crippen LogP contribution < -0.4 is 5.32 Å². The molecule has 1 aromatic rings. The van der Waals surface area contributed by atoms with Crippen LogP contribution in [0.15, 0.2) is 22.7 Å². The lowest BCUT2D eigenvalue weighted by atomic mass is 10.00. The summed E-state index contributed by atoms with van der Waals surface area (Å²) in [5.41, 5.74) is -0.0348. The van der Waals surface area contributed by atoms with Gasteiger partial charge in [-0.1, -0.05) is 13.3 Å². The minimum Gasteiger partial charge on any atom is -0.396 e. The van der Waals surface area contributed by atoms with Crippen molar-refractivity contribution in [3.05, 3.63) is 28.2 Å². The molecule has 0 fully saturated rings. The molecule has 0 aliphatic heterocycles. The van der Waals surface area contributed by atoms with Gasteiger partial charge in [-0.25, -0.2) is 0 Å². The summed E-state index contributed by atoms with van der Waals surface area (Å²) in [5.74, 6) is 0.319. The Morgan fingerprint density at radius 2 is 2.00 bits per heavy atom. The number of alkyl halides is 3. The van der Waals surface area contributed by atoms with Gasteiger partial charge in [0.25, 0.3) is 0 Å². The first kappa shape index (κ1) is 17.3. The number of nitrogens with one attached hydrogen (secondary N) is 1. The zero-order chi connectivity index (χ0) is 15.2. The van der Waals surface area contributed by atoms with Crippen molar-refractivity contribution in [1.82, 2.24) is 0 Å². The lowest BCUT2D eigenvalue weighted by Gasteiger charge is -2.18. The highest BCUT2D eigenvalue weighted by molar-refractivity contribution is 9.10. The van der Waals surface area contributed by atoms with Crippen LogP contribution in [0.4, 0.5) is 18.9 Å². The summed E-state index contributed by atoms with van der Waals surface area (Å²) in [6.45, 7) is 2.83. The van der Waals surface area contributed by atoms with Gasteiger partial charge in [0.1, 0.15) is 0 Å². The highest BCUT2D eigenvalue weighted by Crippen LogP contribution is 2.34. The summed E-state index contributed by atoms with van der Waals surface area (Å²) >= 11 is 3.16. The Labute approximate surface area is 125 Å². The predicted molar refractivity (Wildman–Crippen MR) is 77.7 cm³/mol. The fourth-order valence-corrected chi connectivity index (χ4v) is 2.55. The Morgan fingerprint density at radius 3 is 2.50 bits per heavy atom. The average molecular weight is 354 g/mol. The molecule has 0 amide bonds. The van der Waals surface area contributed by atoms with Crippen molar-refractivity contribution in [3.8, 4) is 0 Å². The maximum Gasteiger partial charge on any atom is 0.416 e. The van der Waals surface area contributed by atoms with E-state index in [-0.39, 0.29) is 6.61 Å².